The van der Waals surface area contributed by atoms with Crippen LogP contribution >= 0.6 is 0 Å². The van der Waals surface area contributed by atoms with E-state index < -0.39 is 8.32 Å². The van der Waals surface area contributed by atoms with E-state index in [0.717, 1.165) is 18.3 Å². The summed E-state index contributed by atoms with van der Waals surface area (Å²) in [6.45, 7) is 14.5. The van der Waals surface area contributed by atoms with Gasteiger partial charge in [0, 0.05) is 12.5 Å². The van der Waals surface area contributed by atoms with Gasteiger partial charge in [0.1, 0.15) is 0 Å². The van der Waals surface area contributed by atoms with Gasteiger partial charge in [-0.3, -0.25) is 4.79 Å². The Morgan fingerprint density at radius 3 is 2.36 bits per heavy atom. The molecule has 0 heterocycles. The minimum Gasteiger partial charge on any atom is -0.469 e. The summed E-state index contributed by atoms with van der Waals surface area (Å²) < 4.78 is 11.9. The quantitative estimate of drug-likeness (QED) is 0.346. The molecule has 4 heteroatoms. The maximum absolute atomic E-state index is 11.6. The van der Waals surface area contributed by atoms with E-state index in [9.17, 15) is 4.79 Å². The lowest BCUT2D eigenvalue weighted by Gasteiger charge is -2.50. The van der Waals surface area contributed by atoms with Crippen molar-refractivity contribution in [2.45, 2.75) is 116 Å². The van der Waals surface area contributed by atoms with Gasteiger partial charge in [0.15, 0.2) is 8.32 Å². The lowest BCUT2D eigenvalue weighted by Crippen LogP contribution is -2.50. The third-order valence-electron chi connectivity index (χ3n) is 9.23. The van der Waals surface area contributed by atoms with E-state index in [-0.39, 0.29) is 11.0 Å². The second kappa shape index (κ2) is 7.72. The second-order valence-corrected chi connectivity index (χ2v) is 16.6. The Kier molecular flexibility index (Phi) is 6.16. The number of hydrogen-bond acceptors (Lipinski definition) is 3. The number of fused-ring (bicyclic) bond motifs is 1. The Balaban J connectivity index is 1.69. The largest absolute Gasteiger partial charge is 0.469 e. The normalized spacial score (nSPS) is 34.8. The SMILES string of the molecule is COC(=O)CCCC1(C2CCC3[C@@H](O[Si](C)(C)C(C)(C)C)CCC[C@@]32C)CC1. The smallest absolute Gasteiger partial charge is 0.305 e. The summed E-state index contributed by atoms with van der Waals surface area (Å²) in [6.07, 6.45) is 12.7. The first-order valence-corrected chi connectivity index (χ1v) is 14.6. The monoisotopic (exact) mass is 408 g/mol. The number of ether oxygens (including phenoxy) is 1. The lowest BCUT2D eigenvalue weighted by molar-refractivity contribution is -0.140. The van der Waals surface area contributed by atoms with E-state index in [1.165, 1.54) is 58.5 Å². The van der Waals surface area contributed by atoms with Crippen molar-refractivity contribution < 1.29 is 14.0 Å². The van der Waals surface area contributed by atoms with Crippen LogP contribution in [0.5, 0.6) is 0 Å². The molecule has 3 saturated carbocycles. The summed E-state index contributed by atoms with van der Waals surface area (Å²) in [7, 11) is -0.224. The van der Waals surface area contributed by atoms with Gasteiger partial charge in [-0.05, 0) is 92.2 Å². The van der Waals surface area contributed by atoms with Gasteiger partial charge in [0.25, 0.3) is 0 Å². The van der Waals surface area contributed by atoms with Crippen LogP contribution in [0.2, 0.25) is 18.1 Å². The zero-order chi connectivity index (χ0) is 20.8. The van der Waals surface area contributed by atoms with Crippen LogP contribution in [-0.2, 0) is 14.0 Å². The molecule has 3 rings (SSSR count). The Hall–Kier alpha value is -0.353. The molecule has 0 amide bonds. The minimum absolute atomic E-state index is 0.0492. The van der Waals surface area contributed by atoms with Crippen LogP contribution in [0.3, 0.4) is 0 Å². The van der Waals surface area contributed by atoms with Crippen molar-refractivity contribution in [1.82, 2.24) is 0 Å². The molecule has 3 aliphatic carbocycles. The highest BCUT2D eigenvalue weighted by atomic mass is 28.4. The third-order valence-corrected chi connectivity index (χ3v) is 13.7. The Labute approximate surface area is 174 Å². The highest BCUT2D eigenvalue weighted by Gasteiger charge is 2.62. The number of esters is 1. The van der Waals surface area contributed by atoms with Gasteiger partial charge >= 0.3 is 5.97 Å². The molecule has 0 aromatic carbocycles. The van der Waals surface area contributed by atoms with E-state index in [0.29, 0.717) is 23.4 Å². The van der Waals surface area contributed by atoms with Crippen molar-refractivity contribution in [3.63, 3.8) is 0 Å². The van der Waals surface area contributed by atoms with Crippen molar-refractivity contribution in [3.8, 4) is 0 Å². The molecule has 0 aromatic rings. The summed E-state index contributed by atoms with van der Waals surface area (Å²) in [6, 6.07) is 0. The fourth-order valence-electron chi connectivity index (χ4n) is 6.44. The van der Waals surface area contributed by atoms with Crippen LogP contribution in [0, 0.1) is 22.7 Å². The minimum atomic E-state index is -1.73. The summed E-state index contributed by atoms with van der Waals surface area (Å²) in [5.74, 6) is 1.51. The molecule has 0 N–H and O–H groups in total. The van der Waals surface area contributed by atoms with Crippen molar-refractivity contribution >= 4 is 14.3 Å². The van der Waals surface area contributed by atoms with Gasteiger partial charge < -0.3 is 9.16 Å². The zero-order valence-corrected chi connectivity index (χ0v) is 20.5. The molecule has 3 nitrogen and oxygen atoms in total. The Morgan fingerprint density at radius 2 is 1.79 bits per heavy atom. The molecule has 28 heavy (non-hydrogen) atoms. The topological polar surface area (TPSA) is 35.5 Å². The molecule has 0 aliphatic heterocycles. The van der Waals surface area contributed by atoms with Gasteiger partial charge in [0.2, 0.25) is 0 Å². The number of rotatable bonds is 7. The van der Waals surface area contributed by atoms with Crippen molar-refractivity contribution in [1.29, 1.82) is 0 Å². The van der Waals surface area contributed by atoms with Crippen LogP contribution in [0.1, 0.15) is 91.9 Å². The molecular weight excluding hydrogens is 364 g/mol. The van der Waals surface area contributed by atoms with Crippen LogP contribution in [0.25, 0.3) is 0 Å². The molecule has 0 aromatic heterocycles. The molecule has 162 valence electrons. The predicted octanol–water partition coefficient (Wildman–Crippen LogP) is 6.72. The van der Waals surface area contributed by atoms with Gasteiger partial charge in [-0.15, -0.1) is 0 Å². The van der Waals surface area contributed by atoms with Crippen LogP contribution < -0.4 is 0 Å². The number of hydrogen-bond donors (Lipinski definition) is 0. The molecule has 4 atom stereocenters. The van der Waals surface area contributed by atoms with Gasteiger partial charge in [-0.25, -0.2) is 0 Å². The van der Waals surface area contributed by atoms with E-state index in [1.54, 1.807) is 0 Å². The molecule has 2 unspecified atom stereocenters. The van der Waals surface area contributed by atoms with Gasteiger partial charge in [0.05, 0.1) is 7.11 Å². The summed E-state index contributed by atoms with van der Waals surface area (Å²) in [5.41, 5.74) is 0.948. The first-order valence-electron chi connectivity index (χ1n) is 11.7. The molecule has 0 spiro atoms. The second-order valence-electron chi connectivity index (χ2n) is 11.8. The maximum Gasteiger partial charge on any atom is 0.305 e. The first kappa shape index (κ1) is 22.3. The molecule has 0 bridgehead atoms. The van der Waals surface area contributed by atoms with E-state index in [1.807, 2.05) is 0 Å². The Morgan fingerprint density at radius 1 is 1.11 bits per heavy atom. The average Bonchev–Trinajstić information content (AvgIpc) is 3.27. The molecular formula is C24H44O3Si. The van der Waals surface area contributed by atoms with Gasteiger partial charge in [-0.2, -0.15) is 0 Å². The maximum atomic E-state index is 11.6. The Bertz CT molecular complexity index is 575. The lowest BCUT2D eigenvalue weighted by atomic mass is 9.60. The predicted molar refractivity (Wildman–Crippen MR) is 118 cm³/mol. The van der Waals surface area contributed by atoms with Crippen LogP contribution in [-0.4, -0.2) is 27.5 Å². The number of carbonyl (C=O) groups is 1. The molecule has 0 saturated heterocycles. The average molecular weight is 409 g/mol. The molecule has 3 aliphatic rings. The van der Waals surface area contributed by atoms with Gasteiger partial charge in [-0.1, -0.05) is 34.1 Å². The molecule has 0 radical (unpaired) electrons. The fourth-order valence-corrected chi connectivity index (χ4v) is 7.83. The zero-order valence-electron chi connectivity index (χ0n) is 19.5. The highest BCUT2D eigenvalue weighted by Crippen LogP contribution is 2.69. The third kappa shape index (κ3) is 4.10. The van der Waals surface area contributed by atoms with Crippen molar-refractivity contribution in [2.24, 2.45) is 22.7 Å². The van der Waals surface area contributed by atoms with E-state index in [4.69, 9.17) is 9.16 Å². The summed E-state index contributed by atoms with van der Waals surface area (Å²) >= 11 is 0. The summed E-state index contributed by atoms with van der Waals surface area (Å²) in [4.78, 5) is 11.6. The highest BCUT2D eigenvalue weighted by molar-refractivity contribution is 6.74. The van der Waals surface area contributed by atoms with E-state index >= 15 is 0 Å². The van der Waals surface area contributed by atoms with E-state index in [2.05, 4.69) is 40.8 Å². The van der Waals surface area contributed by atoms with Crippen molar-refractivity contribution in [3.05, 3.63) is 0 Å². The fraction of sp³-hybridized carbons (Fsp3) is 0.958. The standard InChI is InChI=1S/C24H44O3Si/c1-22(2,3)28(6,7)27-19-10-8-14-23(4)18(19)12-13-20(23)24(16-17-24)15-9-11-21(25)26-5/h18-20H,8-17H2,1-7H3/t18?,19-,20?,23-/m0/s1. The number of methoxy groups -OCH3 is 1. The van der Waals surface area contributed by atoms with Crippen LogP contribution in [0.15, 0.2) is 0 Å². The van der Waals surface area contributed by atoms with Crippen LogP contribution in [0.4, 0.5) is 0 Å². The first-order chi connectivity index (χ1) is 13.0. The number of carbonyl (C=O) groups excluding carboxylic acids is 1. The molecule has 3 fully saturated rings. The van der Waals surface area contributed by atoms with Crippen molar-refractivity contribution in [2.75, 3.05) is 7.11 Å². The summed E-state index contributed by atoms with van der Waals surface area (Å²) in [5, 5.41) is 0.282.